The molecule has 1 fully saturated rings. The fourth-order valence-electron chi connectivity index (χ4n) is 2.19. The summed E-state index contributed by atoms with van der Waals surface area (Å²) in [5.41, 5.74) is 1.21. The lowest BCUT2D eigenvalue weighted by Crippen LogP contribution is -2.28. The van der Waals surface area contributed by atoms with Gasteiger partial charge in [-0.15, -0.1) is 0 Å². The molecular weight excluding hydrogens is 216 g/mol. The van der Waals surface area contributed by atoms with Crippen molar-refractivity contribution in [1.82, 2.24) is 0 Å². The summed E-state index contributed by atoms with van der Waals surface area (Å²) in [6.45, 7) is 0. The monoisotopic (exact) mass is 232 g/mol. The maximum atomic E-state index is 9.42. The first-order valence-corrected chi connectivity index (χ1v) is 5.87. The van der Waals surface area contributed by atoms with Gasteiger partial charge in [0.25, 0.3) is 0 Å². The standard InChI is InChI=1S/C13H16N2O2/c14-8-9-1-4-12(17)7-13(9)15-10-2-5-11(16)6-3-10/h1,4,7,10-11,15-17H,2-3,5-6H2. The van der Waals surface area contributed by atoms with Crippen LogP contribution in [0.2, 0.25) is 0 Å². The Morgan fingerprint density at radius 1 is 1.24 bits per heavy atom. The van der Waals surface area contributed by atoms with Gasteiger partial charge in [-0.3, -0.25) is 0 Å². The number of aliphatic hydroxyl groups is 1. The van der Waals surface area contributed by atoms with Crippen LogP contribution in [0.25, 0.3) is 0 Å². The summed E-state index contributed by atoms with van der Waals surface area (Å²) in [5.74, 6) is 0.155. The Labute approximate surface area is 101 Å². The number of rotatable bonds is 2. The zero-order valence-electron chi connectivity index (χ0n) is 9.56. The van der Waals surface area contributed by atoms with E-state index in [0.29, 0.717) is 11.3 Å². The number of anilines is 1. The predicted molar refractivity (Wildman–Crippen MR) is 64.7 cm³/mol. The highest BCUT2D eigenvalue weighted by molar-refractivity contribution is 5.60. The molecule has 2 rings (SSSR count). The molecule has 17 heavy (non-hydrogen) atoms. The summed E-state index contributed by atoms with van der Waals surface area (Å²) in [6, 6.07) is 7.06. The zero-order valence-corrected chi connectivity index (χ0v) is 9.56. The van der Waals surface area contributed by atoms with Crippen molar-refractivity contribution in [2.45, 2.75) is 37.8 Å². The minimum absolute atomic E-state index is 0.155. The van der Waals surface area contributed by atoms with Crippen molar-refractivity contribution in [3.05, 3.63) is 23.8 Å². The number of nitrogens with one attached hydrogen (secondary N) is 1. The van der Waals surface area contributed by atoms with Crippen LogP contribution in [0.4, 0.5) is 5.69 Å². The summed E-state index contributed by atoms with van der Waals surface area (Å²) >= 11 is 0. The van der Waals surface area contributed by atoms with E-state index < -0.39 is 0 Å². The second kappa shape index (κ2) is 5.07. The highest BCUT2D eigenvalue weighted by atomic mass is 16.3. The fraction of sp³-hybridized carbons (Fsp3) is 0.462. The van der Waals surface area contributed by atoms with Gasteiger partial charge < -0.3 is 15.5 Å². The van der Waals surface area contributed by atoms with Gasteiger partial charge >= 0.3 is 0 Å². The van der Waals surface area contributed by atoms with Crippen LogP contribution in [0, 0.1) is 11.3 Å². The highest BCUT2D eigenvalue weighted by Gasteiger charge is 2.19. The van der Waals surface area contributed by atoms with Gasteiger partial charge in [-0.25, -0.2) is 0 Å². The number of aliphatic hydroxyl groups excluding tert-OH is 1. The smallest absolute Gasteiger partial charge is 0.117 e. The van der Waals surface area contributed by atoms with E-state index >= 15 is 0 Å². The maximum Gasteiger partial charge on any atom is 0.117 e. The van der Waals surface area contributed by atoms with Crippen molar-refractivity contribution in [1.29, 1.82) is 5.26 Å². The van der Waals surface area contributed by atoms with Crippen molar-refractivity contribution in [3.8, 4) is 11.8 Å². The third-order valence-electron chi connectivity index (χ3n) is 3.18. The Morgan fingerprint density at radius 3 is 2.59 bits per heavy atom. The topological polar surface area (TPSA) is 76.3 Å². The molecule has 3 N–H and O–H groups in total. The van der Waals surface area contributed by atoms with E-state index in [0.717, 1.165) is 25.7 Å². The van der Waals surface area contributed by atoms with Crippen LogP contribution in [0.15, 0.2) is 18.2 Å². The maximum absolute atomic E-state index is 9.42. The first kappa shape index (κ1) is 11.7. The van der Waals surface area contributed by atoms with Crippen molar-refractivity contribution in [2.75, 3.05) is 5.32 Å². The molecule has 1 saturated carbocycles. The first-order chi connectivity index (χ1) is 8.19. The molecule has 1 aromatic carbocycles. The minimum atomic E-state index is -0.187. The van der Waals surface area contributed by atoms with Crippen LogP contribution in [0.5, 0.6) is 5.75 Å². The van der Waals surface area contributed by atoms with Gasteiger partial charge in [-0.1, -0.05) is 0 Å². The number of nitriles is 1. The number of nitrogens with zero attached hydrogens (tertiary/aromatic N) is 1. The lowest BCUT2D eigenvalue weighted by atomic mass is 9.93. The molecule has 0 spiro atoms. The van der Waals surface area contributed by atoms with E-state index in [1.54, 1.807) is 12.1 Å². The number of phenolic OH excluding ortho intramolecular Hbond substituents is 1. The molecule has 4 nitrogen and oxygen atoms in total. The molecule has 0 atom stereocenters. The van der Waals surface area contributed by atoms with E-state index in [1.165, 1.54) is 6.07 Å². The summed E-state index contributed by atoms with van der Waals surface area (Å²) in [5, 5.41) is 31.1. The molecule has 0 radical (unpaired) electrons. The third-order valence-corrected chi connectivity index (χ3v) is 3.18. The van der Waals surface area contributed by atoms with E-state index in [1.807, 2.05) is 0 Å². The lowest BCUT2D eigenvalue weighted by molar-refractivity contribution is 0.126. The average molecular weight is 232 g/mol. The molecule has 0 saturated heterocycles. The Balaban J connectivity index is 2.08. The van der Waals surface area contributed by atoms with Crippen LogP contribution in [0.3, 0.4) is 0 Å². The molecular formula is C13H16N2O2. The Hall–Kier alpha value is -1.73. The predicted octanol–water partition coefficient (Wildman–Crippen LogP) is 1.98. The Morgan fingerprint density at radius 2 is 1.94 bits per heavy atom. The van der Waals surface area contributed by atoms with Gasteiger partial charge in [0.05, 0.1) is 17.4 Å². The van der Waals surface area contributed by atoms with Crippen molar-refractivity contribution in [2.24, 2.45) is 0 Å². The highest BCUT2D eigenvalue weighted by Crippen LogP contribution is 2.26. The van der Waals surface area contributed by atoms with E-state index in [9.17, 15) is 10.2 Å². The molecule has 0 unspecified atom stereocenters. The van der Waals surface area contributed by atoms with Crippen molar-refractivity contribution in [3.63, 3.8) is 0 Å². The van der Waals surface area contributed by atoms with Crippen molar-refractivity contribution >= 4 is 5.69 Å². The molecule has 0 heterocycles. The van der Waals surface area contributed by atoms with Gasteiger partial charge in [0.15, 0.2) is 0 Å². The number of hydrogen-bond acceptors (Lipinski definition) is 4. The Bertz CT molecular complexity index is 432. The van der Waals surface area contributed by atoms with Gasteiger partial charge in [0.1, 0.15) is 11.8 Å². The molecule has 0 aliphatic heterocycles. The minimum Gasteiger partial charge on any atom is -0.508 e. The van der Waals surface area contributed by atoms with Crippen LogP contribution < -0.4 is 5.32 Å². The van der Waals surface area contributed by atoms with Gasteiger partial charge in [0, 0.05) is 12.1 Å². The van der Waals surface area contributed by atoms with E-state index in [4.69, 9.17) is 5.26 Å². The summed E-state index contributed by atoms with van der Waals surface area (Å²) in [6.07, 6.45) is 3.17. The molecule has 0 aromatic heterocycles. The first-order valence-electron chi connectivity index (χ1n) is 5.87. The average Bonchev–Trinajstić information content (AvgIpc) is 2.32. The summed E-state index contributed by atoms with van der Waals surface area (Å²) < 4.78 is 0. The van der Waals surface area contributed by atoms with E-state index in [2.05, 4.69) is 11.4 Å². The number of benzene rings is 1. The third kappa shape index (κ3) is 2.89. The lowest BCUT2D eigenvalue weighted by Gasteiger charge is -2.27. The number of phenols is 1. The second-order valence-electron chi connectivity index (χ2n) is 4.49. The Kier molecular flexibility index (Phi) is 3.50. The number of aromatic hydroxyl groups is 1. The fourth-order valence-corrected chi connectivity index (χ4v) is 2.19. The molecule has 90 valence electrons. The SMILES string of the molecule is N#Cc1ccc(O)cc1NC1CCC(O)CC1. The molecule has 1 aromatic rings. The largest absolute Gasteiger partial charge is 0.508 e. The van der Waals surface area contributed by atoms with Crippen LogP contribution in [-0.2, 0) is 0 Å². The van der Waals surface area contributed by atoms with Gasteiger partial charge in [0.2, 0.25) is 0 Å². The molecule has 0 amide bonds. The second-order valence-corrected chi connectivity index (χ2v) is 4.49. The normalized spacial score (nSPS) is 24.0. The van der Waals surface area contributed by atoms with Crippen LogP contribution in [-0.4, -0.2) is 22.4 Å². The van der Waals surface area contributed by atoms with Gasteiger partial charge in [-0.05, 0) is 37.8 Å². The molecule has 1 aliphatic carbocycles. The van der Waals surface area contributed by atoms with Crippen LogP contribution >= 0.6 is 0 Å². The number of hydrogen-bond donors (Lipinski definition) is 3. The molecule has 0 bridgehead atoms. The van der Waals surface area contributed by atoms with Gasteiger partial charge in [-0.2, -0.15) is 5.26 Å². The molecule has 1 aliphatic rings. The van der Waals surface area contributed by atoms with E-state index in [-0.39, 0.29) is 17.9 Å². The van der Waals surface area contributed by atoms with Crippen LogP contribution in [0.1, 0.15) is 31.2 Å². The summed E-state index contributed by atoms with van der Waals surface area (Å²) in [4.78, 5) is 0. The van der Waals surface area contributed by atoms with Crippen molar-refractivity contribution < 1.29 is 10.2 Å². The quantitative estimate of drug-likeness (QED) is 0.728. The summed E-state index contributed by atoms with van der Waals surface area (Å²) in [7, 11) is 0. The zero-order chi connectivity index (χ0) is 12.3. The molecule has 4 heteroatoms.